The van der Waals surface area contributed by atoms with Crippen molar-refractivity contribution < 1.29 is 4.57 Å². The van der Waals surface area contributed by atoms with Gasteiger partial charge in [-0.2, -0.15) is 0 Å². The van der Waals surface area contributed by atoms with Crippen molar-refractivity contribution >= 4 is 0 Å². The average molecular weight is 215 g/mol. The molecule has 0 saturated heterocycles. The molecule has 1 heterocycles. The fourth-order valence-electron chi connectivity index (χ4n) is 1.93. The Kier molecular flexibility index (Phi) is 3.40. The van der Waals surface area contributed by atoms with Gasteiger partial charge in [-0.3, -0.25) is 0 Å². The molecule has 0 atom stereocenters. The number of aromatic nitrogens is 2. The van der Waals surface area contributed by atoms with Gasteiger partial charge in [0.15, 0.2) is 0 Å². The normalized spacial score (nSPS) is 10.6. The van der Waals surface area contributed by atoms with Crippen molar-refractivity contribution in [3.05, 3.63) is 48.5 Å². The molecule has 1 aromatic heterocycles. The van der Waals surface area contributed by atoms with Gasteiger partial charge < -0.3 is 0 Å². The molecule has 0 fully saturated rings. The van der Waals surface area contributed by atoms with E-state index in [9.17, 15) is 0 Å². The Balaban J connectivity index is 2.27. The Labute approximate surface area is 97.2 Å². The maximum absolute atomic E-state index is 2.32. The monoisotopic (exact) mass is 215 g/mol. The van der Waals surface area contributed by atoms with Crippen LogP contribution in [0.5, 0.6) is 0 Å². The van der Waals surface area contributed by atoms with E-state index in [1.54, 1.807) is 0 Å². The summed E-state index contributed by atoms with van der Waals surface area (Å²) in [4.78, 5) is 0. The number of nitrogens with zero attached hydrogens (tertiary/aromatic N) is 2. The van der Waals surface area contributed by atoms with Crippen molar-refractivity contribution in [1.82, 2.24) is 4.57 Å². The molecule has 2 rings (SSSR count). The number of rotatable bonds is 4. The Bertz CT molecular complexity index is 443. The van der Waals surface area contributed by atoms with Crippen molar-refractivity contribution in [2.75, 3.05) is 0 Å². The molecule has 0 aliphatic carbocycles. The molecular weight excluding hydrogens is 196 g/mol. The Morgan fingerprint density at radius 1 is 1.19 bits per heavy atom. The lowest BCUT2D eigenvalue weighted by atomic mass is 10.3. The summed E-state index contributed by atoms with van der Waals surface area (Å²) in [5, 5.41) is 0. The van der Waals surface area contributed by atoms with Crippen LogP contribution in [0.4, 0.5) is 0 Å². The predicted molar refractivity (Wildman–Crippen MR) is 65.6 cm³/mol. The number of para-hydroxylation sites is 1. The highest BCUT2D eigenvalue weighted by atomic mass is 15.1. The molecule has 2 heteroatoms. The molecule has 2 aromatic rings. The third-order valence-electron chi connectivity index (χ3n) is 2.95. The number of hydrogen-bond acceptors (Lipinski definition) is 0. The molecule has 84 valence electrons. The molecular formula is C14H19N2+. The van der Waals surface area contributed by atoms with Gasteiger partial charge in [0.1, 0.15) is 18.1 Å². The van der Waals surface area contributed by atoms with Gasteiger partial charge >= 0.3 is 0 Å². The zero-order chi connectivity index (χ0) is 11.4. The van der Waals surface area contributed by atoms with Crippen molar-refractivity contribution in [2.24, 2.45) is 0 Å². The zero-order valence-electron chi connectivity index (χ0n) is 10.1. The minimum absolute atomic E-state index is 1.11. The summed E-state index contributed by atoms with van der Waals surface area (Å²) in [6.07, 6.45) is 6.78. The summed E-state index contributed by atoms with van der Waals surface area (Å²) in [6, 6.07) is 10.5. The first kappa shape index (κ1) is 10.9. The number of hydrogen-bond donors (Lipinski definition) is 0. The van der Waals surface area contributed by atoms with Crippen LogP contribution in [0.2, 0.25) is 0 Å². The molecule has 16 heavy (non-hydrogen) atoms. The molecule has 0 radical (unpaired) electrons. The van der Waals surface area contributed by atoms with Gasteiger partial charge in [-0.15, -0.1) is 0 Å². The molecule has 0 aliphatic heterocycles. The number of imidazole rings is 1. The van der Waals surface area contributed by atoms with Crippen LogP contribution in [-0.2, 0) is 6.54 Å². The smallest absolute Gasteiger partial charge is 0.234 e. The minimum atomic E-state index is 1.11. The summed E-state index contributed by atoms with van der Waals surface area (Å²) < 4.78 is 4.55. The van der Waals surface area contributed by atoms with Crippen LogP contribution < -0.4 is 4.57 Å². The lowest BCUT2D eigenvalue weighted by molar-refractivity contribution is -0.702. The topological polar surface area (TPSA) is 8.81 Å². The van der Waals surface area contributed by atoms with Gasteiger partial charge in [0.2, 0.25) is 0 Å². The highest BCUT2D eigenvalue weighted by Crippen LogP contribution is 2.08. The molecule has 2 nitrogen and oxygen atoms in total. The third-order valence-corrected chi connectivity index (χ3v) is 2.95. The second-order valence-electron chi connectivity index (χ2n) is 4.10. The van der Waals surface area contributed by atoms with E-state index in [0.29, 0.717) is 0 Å². The van der Waals surface area contributed by atoms with Gasteiger partial charge in [-0.1, -0.05) is 31.5 Å². The molecule has 0 bridgehead atoms. The first-order valence-electron chi connectivity index (χ1n) is 5.95. The fourth-order valence-corrected chi connectivity index (χ4v) is 1.93. The molecule has 0 N–H and O–H groups in total. The van der Waals surface area contributed by atoms with Gasteiger partial charge in [0.05, 0.1) is 6.54 Å². The van der Waals surface area contributed by atoms with Crippen molar-refractivity contribution in [1.29, 1.82) is 0 Å². The van der Waals surface area contributed by atoms with E-state index in [2.05, 4.69) is 59.6 Å². The second-order valence-corrected chi connectivity index (χ2v) is 4.10. The largest absolute Gasteiger partial charge is 0.258 e. The van der Waals surface area contributed by atoms with Crippen LogP contribution in [0.1, 0.15) is 25.6 Å². The number of unbranched alkanes of at least 4 members (excludes halogenated alkanes) is 1. The van der Waals surface area contributed by atoms with Crippen LogP contribution in [0.25, 0.3) is 5.69 Å². The summed E-state index contributed by atoms with van der Waals surface area (Å²) >= 11 is 0. The third kappa shape index (κ3) is 2.16. The first-order valence-corrected chi connectivity index (χ1v) is 5.95. The molecule has 0 aliphatic rings. The Morgan fingerprint density at radius 2 is 1.94 bits per heavy atom. The molecule has 1 aromatic carbocycles. The van der Waals surface area contributed by atoms with E-state index in [-0.39, 0.29) is 0 Å². The van der Waals surface area contributed by atoms with E-state index in [0.717, 1.165) is 6.54 Å². The Hall–Kier alpha value is -1.57. The maximum Gasteiger partial charge on any atom is 0.258 e. The van der Waals surface area contributed by atoms with E-state index in [1.165, 1.54) is 24.4 Å². The summed E-state index contributed by atoms with van der Waals surface area (Å²) in [5.41, 5.74) is 1.23. The average Bonchev–Trinajstić information content (AvgIpc) is 2.69. The van der Waals surface area contributed by atoms with Gasteiger partial charge in [0.25, 0.3) is 5.82 Å². The zero-order valence-corrected chi connectivity index (χ0v) is 10.1. The quantitative estimate of drug-likeness (QED) is 0.693. The van der Waals surface area contributed by atoms with Gasteiger partial charge in [-0.05, 0) is 18.6 Å². The van der Waals surface area contributed by atoms with Gasteiger partial charge in [-0.25, -0.2) is 9.13 Å². The maximum atomic E-state index is 2.32. The van der Waals surface area contributed by atoms with Crippen LogP contribution >= 0.6 is 0 Å². The predicted octanol–water partition coefficient (Wildman–Crippen LogP) is 2.87. The van der Waals surface area contributed by atoms with Crippen LogP contribution in [0.15, 0.2) is 42.7 Å². The molecule has 0 amide bonds. The lowest BCUT2D eigenvalue weighted by Gasteiger charge is -2.00. The highest BCUT2D eigenvalue weighted by molar-refractivity contribution is 5.31. The summed E-state index contributed by atoms with van der Waals surface area (Å²) in [7, 11) is 0. The standard InChI is InChI=1S/C14H19N2/c1-3-4-10-15-11-12-16(13(15)2)14-8-6-5-7-9-14/h5-9,11-12H,3-4,10H2,1-2H3/q+1. The van der Waals surface area contributed by atoms with Crippen LogP contribution in [-0.4, -0.2) is 4.57 Å². The summed E-state index contributed by atoms with van der Waals surface area (Å²) in [5.74, 6) is 1.29. The number of benzene rings is 1. The lowest BCUT2D eigenvalue weighted by Crippen LogP contribution is -2.35. The van der Waals surface area contributed by atoms with Crippen molar-refractivity contribution in [2.45, 2.75) is 33.2 Å². The first-order chi connectivity index (χ1) is 7.83. The van der Waals surface area contributed by atoms with Crippen LogP contribution in [0, 0.1) is 6.92 Å². The second kappa shape index (κ2) is 4.97. The van der Waals surface area contributed by atoms with Crippen molar-refractivity contribution in [3.63, 3.8) is 0 Å². The van der Waals surface area contributed by atoms with E-state index < -0.39 is 0 Å². The van der Waals surface area contributed by atoms with E-state index in [4.69, 9.17) is 0 Å². The number of aryl methyl sites for hydroxylation is 1. The van der Waals surface area contributed by atoms with Crippen LogP contribution in [0.3, 0.4) is 0 Å². The molecule has 0 saturated carbocycles. The minimum Gasteiger partial charge on any atom is -0.234 e. The van der Waals surface area contributed by atoms with E-state index >= 15 is 0 Å². The van der Waals surface area contributed by atoms with Gasteiger partial charge in [0, 0.05) is 6.92 Å². The highest BCUT2D eigenvalue weighted by Gasteiger charge is 2.12. The summed E-state index contributed by atoms with van der Waals surface area (Å²) in [6.45, 7) is 5.51. The Morgan fingerprint density at radius 3 is 2.62 bits per heavy atom. The molecule has 0 unspecified atom stereocenters. The van der Waals surface area contributed by atoms with Crippen molar-refractivity contribution in [3.8, 4) is 5.69 Å². The fraction of sp³-hybridized carbons (Fsp3) is 0.357. The molecule has 0 spiro atoms. The SMILES string of the molecule is CCCC[n+]1ccn(-c2ccccc2)c1C. The van der Waals surface area contributed by atoms with E-state index in [1.807, 2.05) is 6.07 Å².